The monoisotopic (exact) mass is 452 g/mol. The van der Waals surface area contributed by atoms with Gasteiger partial charge in [-0.1, -0.05) is 56.6 Å². The summed E-state index contributed by atoms with van der Waals surface area (Å²) in [5.41, 5.74) is 7.68. The standard InChI is InChI=1S/C31H33N2O/c1-18-8-11-21-23-16-20-10-12-24-28(31(5,6)15-14-30(24,3)4)22(20)17-26(23)34-29(21)27(18)25-13-9-19(2)32-33(25)7/h8-13,16-17H,14-15H2,1-7H3/q+1/i2D3. The van der Waals surface area contributed by atoms with Crippen LogP contribution >= 0.6 is 0 Å². The quantitative estimate of drug-likeness (QED) is 0.245. The zero-order chi connectivity index (χ0) is 26.5. The molecule has 1 aliphatic carbocycles. The maximum atomic E-state index is 7.72. The molecule has 0 bridgehead atoms. The second-order valence-corrected chi connectivity index (χ2v) is 11.3. The molecular formula is C31H33N2O+. The van der Waals surface area contributed by atoms with Crippen LogP contribution in [0.3, 0.4) is 0 Å². The minimum absolute atomic E-state index is 0.0785. The van der Waals surface area contributed by atoms with Crippen LogP contribution in [0.5, 0.6) is 0 Å². The first-order chi connectivity index (χ1) is 17.3. The molecule has 3 heteroatoms. The van der Waals surface area contributed by atoms with Gasteiger partial charge in [0.15, 0.2) is 7.05 Å². The maximum absolute atomic E-state index is 7.72. The van der Waals surface area contributed by atoms with Crippen molar-refractivity contribution in [2.45, 2.75) is 65.1 Å². The molecule has 3 nitrogen and oxygen atoms in total. The lowest BCUT2D eigenvalue weighted by atomic mass is 9.62. The van der Waals surface area contributed by atoms with Crippen LogP contribution in [0.1, 0.15) is 67.0 Å². The SMILES string of the molecule is [2H]C([2H])([2H])c1ccc(-c2c(C)ccc3c2oc2cc4c5c(ccc4cc23)C(C)(C)CCC5(C)C)[n+](C)n1. The topological polar surface area (TPSA) is 29.9 Å². The number of rotatable bonds is 1. The van der Waals surface area contributed by atoms with Crippen LogP contribution in [-0.4, -0.2) is 5.10 Å². The summed E-state index contributed by atoms with van der Waals surface area (Å²) in [7, 11) is 1.79. The molecule has 0 saturated heterocycles. The Kier molecular flexibility index (Phi) is 3.69. The van der Waals surface area contributed by atoms with Crippen LogP contribution in [-0.2, 0) is 17.9 Å². The first-order valence-corrected chi connectivity index (χ1v) is 12.1. The molecule has 0 amide bonds. The Hall–Kier alpha value is -3.20. The van der Waals surface area contributed by atoms with E-state index >= 15 is 0 Å². The first-order valence-electron chi connectivity index (χ1n) is 13.6. The Morgan fingerprint density at radius 2 is 1.71 bits per heavy atom. The highest BCUT2D eigenvalue weighted by Crippen LogP contribution is 2.49. The Bertz CT molecular complexity index is 1740. The van der Waals surface area contributed by atoms with Crippen molar-refractivity contribution >= 4 is 32.7 Å². The molecule has 172 valence electrons. The van der Waals surface area contributed by atoms with Crippen LogP contribution in [0, 0.1) is 13.8 Å². The number of benzene rings is 3. The lowest BCUT2D eigenvalue weighted by molar-refractivity contribution is -0.720. The molecule has 0 spiro atoms. The van der Waals surface area contributed by atoms with E-state index in [0.717, 1.165) is 45.2 Å². The lowest BCUT2D eigenvalue weighted by Crippen LogP contribution is -2.36. The van der Waals surface area contributed by atoms with Gasteiger partial charge in [0.2, 0.25) is 5.69 Å². The summed E-state index contributed by atoms with van der Waals surface area (Å²) < 4.78 is 31.4. The Labute approximate surface area is 205 Å². The molecule has 0 saturated carbocycles. The van der Waals surface area contributed by atoms with Gasteiger partial charge in [0.05, 0.1) is 5.56 Å². The van der Waals surface area contributed by atoms with Crippen molar-refractivity contribution < 1.29 is 13.2 Å². The zero-order valence-electron chi connectivity index (χ0n) is 23.8. The molecule has 3 aromatic carbocycles. The highest BCUT2D eigenvalue weighted by atomic mass is 16.3. The van der Waals surface area contributed by atoms with Crippen LogP contribution in [0.4, 0.5) is 0 Å². The normalized spacial score (nSPS) is 18.6. The predicted molar refractivity (Wildman–Crippen MR) is 140 cm³/mol. The summed E-state index contributed by atoms with van der Waals surface area (Å²) in [4.78, 5) is 0. The maximum Gasteiger partial charge on any atom is 0.242 e. The molecule has 34 heavy (non-hydrogen) atoms. The smallest absolute Gasteiger partial charge is 0.242 e. The minimum atomic E-state index is -2.25. The predicted octanol–water partition coefficient (Wildman–Crippen LogP) is 7.59. The highest BCUT2D eigenvalue weighted by Gasteiger charge is 2.38. The van der Waals surface area contributed by atoms with Gasteiger partial charge in [-0.2, -0.15) is 0 Å². The molecule has 1 aliphatic rings. The van der Waals surface area contributed by atoms with E-state index in [1.54, 1.807) is 17.8 Å². The number of fused-ring (bicyclic) bond motifs is 6. The third kappa shape index (κ3) is 2.95. The summed E-state index contributed by atoms with van der Waals surface area (Å²) in [6.45, 7) is 9.23. The van der Waals surface area contributed by atoms with Crippen LogP contribution < -0.4 is 4.68 Å². The van der Waals surface area contributed by atoms with E-state index < -0.39 is 6.85 Å². The third-order valence-electron chi connectivity index (χ3n) is 8.03. The highest BCUT2D eigenvalue weighted by molar-refractivity contribution is 6.13. The second kappa shape index (κ2) is 6.91. The fraction of sp³-hybridized carbons (Fsp3) is 0.355. The number of aromatic nitrogens is 2. The molecule has 0 radical (unpaired) electrons. The lowest BCUT2D eigenvalue weighted by Gasteiger charge is -2.42. The third-order valence-corrected chi connectivity index (χ3v) is 8.03. The Morgan fingerprint density at radius 1 is 0.912 bits per heavy atom. The molecule has 0 atom stereocenters. The second-order valence-electron chi connectivity index (χ2n) is 11.3. The van der Waals surface area contributed by atoms with E-state index in [4.69, 9.17) is 8.53 Å². The van der Waals surface area contributed by atoms with E-state index in [0.29, 0.717) is 0 Å². The van der Waals surface area contributed by atoms with Gasteiger partial charge in [-0.15, -0.1) is 0 Å². The fourth-order valence-corrected chi connectivity index (χ4v) is 6.01. The van der Waals surface area contributed by atoms with Crippen molar-refractivity contribution in [2.75, 3.05) is 0 Å². The van der Waals surface area contributed by atoms with Crippen molar-refractivity contribution in [3.63, 3.8) is 0 Å². The van der Waals surface area contributed by atoms with E-state index in [9.17, 15) is 0 Å². The van der Waals surface area contributed by atoms with Gasteiger partial charge in [0, 0.05) is 21.0 Å². The first kappa shape index (κ1) is 18.2. The number of hydrogen-bond acceptors (Lipinski definition) is 2. The van der Waals surface area contributed by atoms with Crippen molar-refractivity contribution in [3.05, 3.63) is 70.9 Å². The van der Waals surface area contributed by atoms with Gasteiger partial charge >= 0.3 is 0 Å². The Balaban J connectivity index is 1.64. The minimum Gasteiger partial charge on any atom is -0.455 e. The summed E-state index contributed by atoms with van der Waals surface area (Å²) in [6, 6.07) is 16.8. The number of aryl methyl sites for hydroxylation is 3. The summed E-state index contributed by atoms with van der Waals surface area (Å²) in [6.07, 6.45) is 2.34. The van der Waals surface area contributed by atoms with E-state index in [1.165, 1.54) is 28.3 Å². The average molecular weight is 453 g/mol. The van der Waals surface area contributed by atoms with Crippen LogP contribution in [0.25, 0.3) is 44.0 Å². The van der Waals surface area contributed by atoms with Gasteiger partial charge in [0.1, 0.15) is 16.9 Å². The molecule has 6 rings (SSSR count). The van der Waals surface area contributed by atoms with Crippen molar-refractivity contribution in [1.82, 2.24) is 5.10 Å². The van der Waals surface area contributed by atoms with Gasteiger partial charge in [0.25, 0.3) is 0 Å². The molecule has 5 aromatic rings. The van der Waals surface area contributed by atoms with Gasteiger partial charge in [-0.3, -0.25) is 0 Å². The molecule has 2 aromatic heterocycles. The summed E-state index contributed by atoms with van der Waals surface area (Å²) >= 11 is 0. The molecule has 0 fully saturated rings. The summed E-state index contributed by atoms with van der Waals surface area (Å²) in [5.74, 6) is 0. The molecule has 0 unspecified atom stereocenters. The number of hydrogen-bond donors (Lipinski definition) is 0. The summed E-state index contributed by atoms with van der Waals surface area (Å²) in [5, 5.41) is 9.00. The van der Waals surface area contributed by atoms with Crippen molar-refractivity contribution in [2.24, 2.45) is 7.05 Å². The van der Waals surface area contributed by atoms with Crippen molar-refractivity contribution in [1.29, 1.82) is 0 Å². The zero-order valence-corrected chi connectivity index (χ0v) is 20.8. The van der Waals surface area contributed by atoms with Gasteiger partial charge in [-0.05, 0) is 88.2 Å². The van der Waals surface area contributed by atoms with E-state index in [2.05, 4.69) is 76.1 Å². The molecule has 2 heterocycles. The Morgan fingerprint density at radius 3 is 2.47 bits per heavy atom. The molecular weight excluding hydrogens is 416 g/mol. The average Bonchev–Trinajstić information content (AvgIpc) is 3.17. The molecule has 0 aliphatic heterocycles. The van der Waals surface area contributed by atoms with E-state index in [-0.39, 0.29) is 16.5 Å². The number of nitrogens with zero attached hydrogens (tertiary/aromatic N) is 2. The van der Waals surface area contributed by atoms with Gasteiger partial charge < -0.3 is 4.42 Å². The molecule has 0 N–H and O–H groups in total. The largest absolute Gasteiger partial charge is 0.455 e. The fourth-order valence-electron chi connectivity index (χ4n) is 6.01. The van der Waals surface area contributed by atoms with Gasteiger partial charge in [-0.25, -0.2) is 0 Å². The number of furan rings is 1. The van der Waals surface area contributed by atoms with Crippen LogP contribution in [0.15, 0.2) is 52.9 Å². The van der Waals surface area contributed by atoms with Crippen molar-refractivity contribution in [3.8, 4) is 11.3 Å². The van der Waals surface area contributed by atoms with E-state index in [1.807, 2.05) is 6.07 Å². The van der Waals surface area contributed by atoms with Crippen LogP contribution in [0.2, 0.25) is 0 Å².